The van der Waals surface area contributed by atoms with E-state index in [9.17, 15) is 28.8 Å². The summed E-state index contributed by atoms with van der Waals surface area (Å²) in [6.07, 6.45) is 1.42. The minimum Gasteiger partial charge on any atom is -0.496 e. The number of hydrogen-bond donors (Lipinski definition) is 0. The van der Waals surface area contributed by atoms with Crippen molar-refractivity contribution < 1.29 is 61.9 Å². The minimum absolute atomic E-state index is 0.00459. The molecule has 236 valence electrons. The molecule has 1 atom stereocenters. The van der Waals surface area contributed by atoms with Crippen molar-refractivity contribution in [1.82, 2.24) is 0 Å². The third-order valence-electron chi connectivity index (χ3n) is 6.23. The largest absolute Gasteiger partial charge is 0.496 e. The summed E-state index contributed by atoms with van der Waals surface area (Å²) in [6, 6.07) is 0. The van der Waals surface area contributed by atoms with Crippen LogP contribution >= 0.6 is 8.58 Å². The zero-order valence-electron chi connectivity index (χ0n) is 25.1. The van der Waals surface area contributed by atoms with Crippen LogP contribution in [0.3, 0.4) is 0 Å². The van der Waals surface area contributed by atoms with E-state index in [4.69, 9.17) is 28.4 Å². The van der Waals surface area contributed by atoms with E-state index in [1.807, 2.05) is 13.0 Å². The number of hydrogen-bond acceptors (Lipinski definition) is 13. The normalized spacial score (nSPS) is 12.5. The maximum absolute atomic E-state index is 12.9. The summed E-state index contributed by atoms with van der Waals surface area (Å²) in [6.45, 7) is 5.41. The third-order valence-corrected chi connectivity index (χ3v) is 7.31. The second-order valence-corrected chi connectivity index (χ2v) is 10.7. The Morgan fingerprint density at radius 2 is 1.53 bits per heavy atom. The Hall–Kier alpha value is -3.99. The van der Waals surface area contributed by atoms with Crippen LogP contribution < -0.4 is 9.47 Å². The van der Waals surface area contributed by atoms with Gasteiger partial charge in [0.15, 0.2) is 11.9 Å². The van der Waals surface area contributed by atoms with Crippen LogP contribution in [0.15, 0.2) is 11.6 Å². The molecule has 1 aromatic carbocycles. The number of carbonyl (C=O) groups excluding carboxylic acids is 6. The molecule has 43 heavy (non-hydrogen) atoms. The molecule has 1 unspecified atom stereocenters. The smallest absolute Gasteiger partial charge is 0.342 e. The standard InChI is InChI=1S/C29H37O13P/c1-16(8-10-23(32)36-5)7-9-21-27(37-6)17(2)22-13-40-29(35)26(22)28(21)42-25(34)15-43-14-24(33)41-20(11-38-18(3)30)12-39-19(4)31/h7,20,43H,8-15H2,1-6H3/b16-7+. The van der Waals surface area contributed by atoms with Crippen LogP contribution in [-0.4, -0.2) is 81.7 Å². The number of allylic oxidation sites excluding steroid dienone is 2. The average Bonchev–Trinajstić information content (AvgIpc) is 3.34. The molecule has 1 aliphatic heterocycles. The van der Waals surface area contributed by atoms with Crippen molar-refractivity contribution in [3.05, 3.63) is 33.9 Å². The van der Waals surface area contributed by atoms with Crippen LogP contribution in [0.2, 0.25) is 0 Å². The number of esters is 6. The van der Waals surface area contributed by atoms with Crippen molar-refractivity contribution in [1.29, 1.82) is 0 Å². The molecule has 0 bridgehead atoms. The molecule has 0 aromatic heterocycles. The van der Waals surface area contributed by atoms with Crippen molar-refractivity contribution in [2.45, 2.75) is 59.7 Å². The molecule has 0 saturated heterocycles. The first-order chi connectivity index (χ1) is 20.4. The second kappa shape index (κ2) is 17.2. The van der Waals surface area contributed by atoms with E-state index < -0.39 is 36.0 Å². The van der Waals surface area contributed by atoms with Crippen molar-refractivity contribution in [3.8, 4) is 11.5 Å². The molecule has 1 heterocycles. The highest BCUT2D eigenvalue weighted by atomic mass is 31.1. The Morgan fingerprint density at radius 1 is 0.907 bits per heavy atom. The lowest BCUT2D eigenvalue weighted by atomic mass is 9.94. The quantitative estimate of drug-likeness (QED) is 0.0867. The van der Waals surface area contributed by atoms with E-state index in [1.165, 1.54) is 28.1 Å². The fraction of sp³-hybridized carbons (Fsp3) is 0.517. The first kappa shape index (κ1) is 35.2. The highest BCUT2D eigenvalue weighted by Crippen LogP contribution is 2.43. The fourth-order valence-electron chi connectivity index (χ4n) is 4.08. The van der Waals surface area contributed by atoms with Crippen molar-refractivity contribution in [2.75, 3.05) is 39.8 Å². The van der Waals surface area contributed by atoms with Crippen molar-refractivity contribution >= 4 is 44.4 Å². The Morgan fingerprint density at radius 3 is 2.12 bits per heavy atom. The van der Waals surface area contributed by atoms with Crippen LogP contribution in [0.4, 0.5) is 0 Å². The molecule has 0 N–H and O–H groups in total. The zero-order chi connectivity index (χ0) is 32.1. The fourth-order valence-corrected chi connectivity index (χ4v) is 4.77. The van der Waals surface area contributed by atoms with Crippen LogP contribution in [0.5, 0.6) is 11.5 Å². The summed E-state index contributed by atoms with van der Waals surface area (Å²) in [4.78, 5) is 71.7. The molecule has 13 nitrogen and oxygen atoms in total. The molecule has 1 aliphatic rings. The zero-order valence-corrected chi connectivity index (χ0v) is 26.1. The molecule has 0 saturated carbocycles. The molecular weight excluding hydrogens is 587 g/mol. The number of methoxy groups -OCH3 is 2. The summed E-state index contributed by atoms with van der Waals surface area (Å²) in [5.41, 5.74) is 2.72. The van der Waals surface area contributed by atoms with Gasteiger partial charge in [-0.3, -0.25) is 24.0 Å². The molecule has 1 aromatic rings. The van der Waals surface area contributed by atoms with E-state index in [-0.39, 0.29) is 70.8 Å². The summed E-state index contributed by atoms with van der Waals surface area (Å²) in [7, 11) is 2.55. The van der Waals surface area contributed by atoms with E-state index in [2.05, 4.69) is 4.74 Å². The predicted octanol–water partition coefficient (Wildman–Crippen LogP) is 2.74. The number of benzene rings is 1. The Bertz CT molecular complexity index is 1250. The van der Waals surface area contributed by atoms with Gasteiger partial charge in [-0.25, -0.2) is 4.79 Å². The van der Waals surface area contributed by atoms with Gasteiger partial charge in [0, 0.05) is 31.4 Å². The van der Waals surface area contributed by atoms with E-state index in [0.29, 0.717) is 28.9 Å². The lowest BCUT2D eigenvalue weighted by Gasteiger charge is -2.19. The molecule has 0 amide bonds. The van der Waals surface area contributed by atoms with Crippen molar-refractivity contribution in [2.24, 2.45) is 0 Å². The highest BCUT2D eigenvalue weighted by Gasteiger charge is 2.34. The molecular formula is C29H37O13P. The average molecular weight is 625 g/mol. The van der Waals surface area contributed by atoms with Crippen molar-refractivity contribution in [3.63, 3.8) is 0 Å². The third kappa shape index (κ3) is 11.0. The topological polar surface area (TPSA) is 167 Å². The van der Waals surface area contributed by atoms with Gasteiger partial charge in [-0.15, -0.1) is 0 Å². The van der Waals surface area contributed by atoms with Gasteiger partial charge in [0.05, 0.1) is 26.5 Å². The minimum atomic E-state index is -1.00. The first-order valence-electron chi connectivity index (χ1n) is 13.4. The van der Waals surface area contributed by atoms with E-state index >= 15 is 0 Å². The first-order valence-corrected chi connectivity index (χ1v) is 14.8. The van der Waals surface area contributed by atoms with Gasteiger partial charge in [0.2, 0.25) is 0 Å². The van der Waals surface area contributed by atoms with E-state index in [0.717, 1.165) is 5.57 Å². The summed E-state index contributed by atoms with van der Waals surface area (Å²) >= 11 is 0. The number of cyclic esters (lactones) is 1. The van der Waals surface area contributed by atoms with Gasteiger partial charge in [-0.1, -0.05) is 20.2 Å². The molecule has 14 heteroatoms. The van der Waals surface area contributed by atoms with Crippen LogP contribution in [0.25, 0.3) is 0 Å². The van der Waals surface area contributed by atoms with Gasteiger partial charge in [0.1, 0.15) is 31.1 Å². The number of ether oxygens (including phenoxy) is 7. The van der Waals surface area contributed by atoms with Crippen LogP contribution in [0, 0.1) is 6.92 Å². The summed E-state index contributed by atoms with van der Waals surface area (Å²) in [5, 5.41) is 0. The molecule has 2 rings (SSSR count). The lowest BCUT2D eigenvalue weighted by molar-refractivity contribution is -0.163. The second-order valence-electron chi connectivity index (χ2n) is 9.52. The molecule has 0 aliphatic carbocycles. The van der Waals surface area contributed by atoms with Gasteiger partial charge >= 0.3 is 35.8 Å². The monoisotopic (exact) mass is 624 g/mol. The van der Waals surface area contributed by atoms with Crippen LogP contribution in [0.1, 0.15) is 60.7 Å². The van der Waals surface area contributed by atoms with Gasteiger partial charge in [0.25, 0.3) is 0 Å². The predicted molar refractivity (Wildman–Crippen MR) is 152 cm³/mol. The lowest BCUT2D eigenvalue weighted by Crippen LogP contribution is -2.30. The number of carbonyl (C=O) groups is 6. The molecule has 0 fully saturated rings. The summed E-state index contributed by atoms with van der Waals surface area (Å²) < 4.78 is 36.2. The highest BCUT2D eigenvalue weighted by molar-refractivity contribution is 7.40. The number of fused-ring (bicyclic) bond motifs is 1. The SMILES string of the molecule is COC(=O)CC/C(C)=C/Cc1c(OC)c(C)c2c(c1OC(=O)CPCC(=O)OC(COC(C)=O)COC(C)=O)C(=O)OC2. The van der Waals surface area contributed by atoms with Crippen LogP contribution in [-0.2, 0) is 60.7 Å². The Kier molecular flexibility index (Phi) is 14.1. The maximum atomic E-state index is 12.9. The van der Waals surface area contributed by atoms with Gasteiger partial charge < -0.3 is 33.2 Å². The van der Waals surface area contributed by atoms with Gasteiger partial charge in [-0.05, 0) is 32.3 Å². The maximum Gasteiger partial charge on any atom is 0.342 e. The molecule has 0 spiro atoms. The Balaban J connectivity index is 2.16. The van der Waals surface area contributed by atoms with E-state index in [1.54, 1.807) is 6.92 Å². The van der Waals surface area contributed by atoms with Gasteiger partial charge in [-0.2, -0.15) is 0 Å². The Labute approximate surface area is 251 Å². The number of rotatable bonds is 16. The molecule has 0 radical (unpaired) electrons. The summed E-state index contributed by atoms with van der Waals surface area (Å²) in [5.74, 6) is -3.08.